The summed E-state index contributed by atoms with van der Waals surface area (Å²) in [7, 11) is 0. The maximum atomic E-state index is 14.8. The minimum Gasteiger partial charge on any atom is -0.434 e. The number of amides is 2. The molecule has 206 valence electrons. The van der Waals surface area contributed by atoms with E-state index in [1.165, 1.54) is 41.8 Å². The molecule has 0 bridgehead atoms. The highest BCUT2D eigenvalue weighted by atomic mass is 32.1. The van der Waals surface area contributed by atoms with Gasteiger partial charge >= 0.3 is 18.8 Å². The third-order valence-corrected chi connectivity index (χ3v) is 6.99. The molecule has 9 nitrogen and oxygen atoms in total. The average Bonchev–Trinajstić information content (AvgIpc) is 3.41. The highest BCUT2D eigenvalue weighted by molar-refractivity contribution is 7.12. The van der Waals surface area contributed by atoms with Gasteiger partial charge in [-0.25, -0.2) is 4.79 Å². The standard InChI is InChI=1S/C24H18F5N3O6S/c25-21(26)38-16-9-8-14(32(36)37)11-15(16)19-18(20(33)17-7-4-10-39-17)23(35,24(27,28)29)31(22(34)30-19)12-13-5-2-1-3-6-13/h1-11,18-19,21,35H,12H2,(H,30,34)/t18-,19-,23-/m0/s1. The largest absolute Gasteiger partial charge is 0.437 e. The first-order valence-electron chi connectivity index (χ1n) is 11.1. The summed E-state index contributed by atoms with van der Waals surface area (Å²) in [5.41, 5.74) is -5.47. The van der Waals surface area contributed by atoms with Crippen molar-refractivity contribution in [1.82, 2.24) is 10.2 Å². The second-order valence-electron chi connectivity index (χ2n) is 8.40. The van der Waals surface area contributed by atoms with Crippen molar-refractivity contribution in [3.05, 3.63) is 92.2 Å². The van der Waals surface area contributed by atoms with E-state index >= 15 is 0 Å². The van der Waals surface area contributed by atoms with E-state index in [4.69, 9.17) is 0 Å². The van der Waals surface area contributed by atoms with Crippen molar-refractivity contribution in [1.29, 1.82) is 0 Å². The molecule has 4 rings (SSSR count). The number of nitrogens with zero attached hydrogens (tertiary/aromatic N) is 2. The number of halogens is 5. The van der Waals surface area contributed by atoms with Gasteiger partial charge in [0.25, 0.3) is 11.4 Å². The summed E-state index contributed by atoms with van der Waals surface area (Å²) in [5.74, 6) is -4.71. The predicted molar refractivity (Wildman–Crippen MR) is 126 cm³/mol. The van der Waals surface area contributed by atoms with Crippen LogP contribution in [-0.4, -0.2) is 45.3 Å². The molecule has 2 amide bonds. The number of carbonyl (C=O) groups excluding carboxylic acids is 2. The zero-order valence-electron chi connectivity index (χ0n) is 19.5. The Bertz CT molecular complexity index is 1370. The van der Waals surface area contributed by atoms with E-state index < -0.39 is 70.8 Å². The predicted octanol–water partition coefficient (Wildman–Crippen LogP) is 5.27. The number of hydrogen-bond acceptors (Lipinski definition) is 7. The van der Waals surface area contributed by atoms with E-state index in [0.717, 1.165) is 17.4 Å². The number of nitrogens with one attached hydrogen (secondary N) is 1. The van der Waals surface area contributed by atoms with E-state index in [9.17, 15) is 46.8 Å². The minimum absolute atomic E-state index is 0.0278. The van der Waals surface area contributed by atoms with Gasteiger partial charge in [-0.15, -0.1) is 11.3 Å². The van der Waals surface area contributed by atoms with Crippen LogP contribution >= 0.6 is 11.3 Å². The normalized spacial score (nSPS) is 21.5. The van der Waals surface area contributed by atoms with Gasteiger partial charge in [-0.05, 0) is 23.1 Å². The maximum Gasteiger partial charge on any atom is 0.437 e. The summed E-state index contributed by atoms with van der Waals surface area (Å²) in [5, 5.41) is 26.4. The zero-order chi connectivity index (χ0) is 28.5. The molecular formula is C24H18F5N3O6S. The molecule has 0 unspecified atom stereocenters. The molecule has 2 heterocycles. The van der Waals surface area contributed by atoms with Crippen molar-refractivity contribution in [2.75, 3.05) is 0 Å². The quantitative estimate of drug-likeness (QED) is 0.164. The number of non-ortho nitro benzene ring substituents is 1. The van der Waals surface area contributed by atoms with Gasteiger partial charge in [0.2, 0.25) is 0 Å². The number of thiophene rings is 1. The van der Waals surface area contributed by atoms with Crippen LogP contribution in [0.4, 0.5) is 32.4 Å². The van der Waals surface area contributed by atoms with Gasteiger partial charge in [0.15, 0.2) is 5.78 Å². The molecule has 3 aromatic rings. The van der Waals surface area contributed by atoms with Crippen molar-refractivity contribution in [3.63, 3.8) is 0 Å². The van der Waals surface area contributed by atoms with Crippen LogP contribution in [0.15, 0.2) is 66.0 Å². The van der Waals surface area contributed by atoms with E-state index in [0.29, 0.717) is 12.1 Å². The number of nitro groups is 1. The topological polar surface area (TPSA) is 122 Å². The molecule has 0 spiro atoms. The van der Waals surface area contributed by atoms with Gasteiger partial charge < -0.3 is 15.2 Å². The van der Waals surface area contributed by atoms with E-state index in [1.807, 2.05) is 0 Å². The maximum absolute atomic E-state index is 14.8. The molecule has 1 aromatic heterocycles. The molecule has 1 aliphatic heterocycles. The van der Waals surface area contributed by atoms with Crippen molar-refractivity contribution >= 4 is 28.8 Å². The molecule has 15 heteroatoms. The molecule has 2 N–H and O–H groups in total. The number of alkyl halides is 5. The molecule has 0 saturated carbocycles. The number of benzene rings is 2. The monoisotopic (exact) mass is 571 g/mol. The summed E-state index contributed by atoms with van der Waals surface area (Å²) in [6, 6.07) is 8.28. The SMILES string of the molecule is O=C(c1cccs1)[C@@H]1[C@H](c2cc([N+](=O)[O-])ccc2OC(F)F)NC(=O)N(Cc2ccccc2)[C@@]1(O)C(F)(F)F. The molecule has 2 aromatic carbocycles. The Labute approximate surface area is 220 Å². The van der Waals surface area contributed by atoms with Crippen LogP contribution in [-0.2, 0) is 6.54 Å². The number of ether oxygens (including phenoxy) is 1. The number of urea groups is 1. The van der Waals surface area contributed by atoms with Crippen LogP contribution in [0.25, 0.3) is 0 Å². The molecule has 1 fully saturated rings. The first-order chi connectivity index (χ1) is 18.3. The van der Waals surface area contributed by atoms with E-state index in [1.54, 1.807) is 6.07 Å². The number of aliphatic hydroxyl groups is 1. The second-order valence-corrected chi connectivity index (χ2v) is 9.35. The van der Waals surface area contributed by atoms with Crippen molar-refractivity contribution in [3.8, 4) is 5.75 Å². The Kier molecular flexibility index (Phi) is 7.57. The van der Waals surface area contributed by atoms with Crippen molar-refractivity contribution in [2.24, 2.45) is 5.92 Å². The molecule has 0 aliphatic carbocycles. The highest BCUT2D eigenvalue weighted by Gasteiger charge is 2.70. The van der Waals surface area contributed by atoms with Crippen LogP contribution in [0.3, 0.4) is 0 Å². The summed E-state index contributed by atoms with van der Waals surface area (Å²) in [6.45, 7) is -4.30. The highest BCUT2D eigenvalue weighted by Crippen LogP contribution is 2.50. The van der Waals surface area contributed by atoms with Gasteiger partial charge in [0.1, 0.15) is 11.7 Å². The molecule has 39 heavy (non-hydrogen) atoms. The van der Waals surface area contributed by atoms with E-state index in [-0.39, 0.29) is 15.3 Å². The number of rotatable bonds is 8. The van der Waals surface area contributed by atoms with Gasteiger partial charge in [0.05, 0.1) is 22.4 Å². The van der Waals surface area contributed by atoms with Gasteiger partial charge in [-0.1, -0.05) is 36.4 Å². The lowest BCUT2D eigenvalue weighted by Gasteiger charge is -2.51. The fraction of sp³-hybridized carbons (Fsp3) is 0.250. The van der Waals surface area contributed by atoms with E-state index in [2.05, 4.69) is 10.1 Å². The lowest BCUT2D eigenvalue weighted by molar-refractivity contribution is -0.385. The minimum atomic E-state index is -5.65. The molecular weight excluding hydrogens is 553 g/mol. The van der Waals surface area contributed by atoms with Crippen LogP contribution in [0.2, 0.25) is 0 Å². The number of nitro benzene ring substituents is 1. The van der Waals surface area contributed by atoms with Crippen LogP contribution < -0.4 is 10.1 Å². The second kappa shape index (κ2) is 10.6. The van der Waals surface area contributed by atoms with Gasteiger partial charge in [0, 0.05) is 17.7 Å². The lowest BCUT2D eigenvalue weighted by Crippen LogP contribution is -2.73. The third kappa shape index (κ3) is 5.27. The molecule has 1 aliphatic rings. The fourth-order valence-electron chi connectivity index (χ4n) is 4.40. The number of Topliss-reactive ketones (excluding diaryl/α,β-unsaturated/α-hetero) is 1. The van der Waals surface area contributed by atoms with Crippen LogP contribution in [0.5, 0.6) is 5.75 Å². The van der Waals surface area contributed by atoms with Crippen molar-refractivity contribution < 1.29 is 46.3 Å². The summed E-state index contributed by atoms with van der Waals surface area (Å²) in [4.78, 5) is 37.0. The van der Waals surface area contributed by atoms with Crippen LogP contribution in [0, 0.1) is 16.0 Å². The third-order valence-electron chi connectivity index (χ3n) is 6.11. The Hall–Kier alpha value is -4.11. The Morgan fingerprint density at radius 3 is 2.44 bits per heavy atom. The summed E-state index contributed by atoms with van der Waals surface area (Å²) >= 11 is 0.743. The molecule has 3 atom stereocenters. The number of ketones is 1. The molecule has 0 radical (unpaired) electrons. The molecule has 1 saturated heterocycles. The Morgan fingerprint density at radius 2 is 1.87 bits per heavy atom. The van der Waals surface area contributed by atoms with Gasteiger partial charge in [-0.3, -0.25) is 19.8 Å². The number of hydrogen-bond donors (Lipinski definition) is 2. The fourth-order valence-corrected chi connectivity index (χ4v) is 5.10. The van der Waals surface area contributed by atoms with Crippen LogP contribution in [0.1, 0.15) is 26.8 Å². The smallest absolute Gasteiger partial charge is 0.434 e. The number of carbonyl (C=O) groups is 2. The Morgan fingerprint density at radius 1 is 1.18 bits per heavy atom. The summed E-state index contributed by atoms with van der Waals surface area (Å²) < 4.78 is 75.2. The zero-order valence-corrected chi connectivity index (χ0v) is 20.3. The summed E-state index contributed by atoms with van der Waals surface area (Å²) in [6.07, 6.45) is -5.65. The van der Waals surface area contributed by atoms with Gasteiger partial charge in [-0.2, -0.15) is 22.0 Å². The first kappa shape index (κ1) is 27.9. The Balaban J connectivity index is 1.97. The lowest BCUT2D eigenvalue weighted by atomic mass is 9.77. The first-order valence-corrected chi connectivity index (χ1v) is 11.9. The average molecular weight is 571 g/mol. The van der Waals surface area contributed by atoms with Crippen molar-refractivity contribution in [2.45, 2.75) is 31.1 Å².